The van der Waals surface area contributed by atoms with Crippen LogP contribution >= 0.6 is 0 Å². The van der Waals surface area contributed by atoms with E-state index in [2.05, 4.69) is 16.3 Å². The number of aromatic hydroxyl groups is 1. The molecule has 2 N–H and O–H groups in total. The molecular weight excluding hydrogens is 352 g/mol. The van der Waals surface area contributed by atoms with Gasteiger partial charge >= 0.3 is 0 Å². The van der Waals surface area contributed by atoms with E-state index in [4.69, 9.17) is 0 Å². The SMILES string of the molecule is O=C1CC(=O)[C@@]2(CC[C@@]34Cc5ccc(O)cc5[C@@]3(CCN(CC3CC3)C4)C2)N1. The number of nitrogens with one attached hydrogen (secondary N) is 1. The van der Waals surface area contributed by atoms with Crippen molar-refractivity contribution in [1.29, 1.82) is 0 Å². The Balaban J connectivity index is 1.44. The molecule has 2 aliphatic heterocycles. The van der Waals surface area contributed by atoms with Gasteiger partial charge in [0.05, 0.1) is 12.0 Å². The lowest BCUT2D eigenvalue weighted by Crippen LogP contribution is -2.65. The highest BCUT2D eigenvalue weighted by Gasteiger charge is 2.67. The Hall–Kier alpha value is -1.88. The molecular formula is C23H28N2O3. The molecule has 2 saturated carbocycles. The molecule has 5 heteroatoms. The molecule has 28 heavy (non-hydrogen) atoms. The average Bonchev–Trinajstić information content (AvgIpc) is 3.36. The van der Waals surface area contributed by atoms with Gasteiger partial charge in [0.1, 0.15) is 5.75 Å². The number of ketones is 1. The third-order valence-corrected chi connectivity index (χ3v) is 8.61. The third kappa shape index (κ3) is 2.17. The molecule has 3 atom stereocenters. The van der Waals surface area contributed by atoms with Crippen LogP contribution in [0.3, 0.4) is 0 Å². The lowest BCUT2D eigenvalue weighted by Gasteiger charge is -2.60. The van der Waals surface area contributed by atoms with Gasteiger partial charge in [-0.15, -0.1) is 0 Å². The van der Waals surface area contributed by atoms with Crippen LogP contribution in [0.25, 0.3) is 0 Å². The zero-order valence-electron chi connectivity index (χ0n) is 16.3. The minimum atomic E-state index is -0.688. The number of carbonyl (C=O) groups is 2. The molecule has 0 unspecified atom stereocenters. The van der Waals surface area contributed by atoms with E-state index >= 15 is 0 Å². The predicted octanol–water partition coefficient (Wildman–Crippen LogP) is 2.30. The normalized spacial score (nSPS) is 39.6. The van der Waals surface area contributed by atoms with Gasteiger partial charge in [-0.05, 0) is 86.1 Å². The molecule has 4 fully saturated rings. The van der Waals surface area contributed by atoms with Crippen LogP contribution in [-0.4, -0.2) is 46.9 Å². The summed E-state index contributed by atoms with van der Waals surface area (Å²) in [5, 5.41) is 13.3. The van der Waals surface area contributed by atoms with E-state index in [-0.39, 0.29) is 28.9 Å². The maximum atomic E-state index is 12.9. The van der Waals surface area contributed by atoms with Crippen LogP contribution in [0.2, 0.25) is 0 Å². The molecule has 0 radical (unpaired) electrons. The summed E-state index contributed by atoms with van der Waals surface area (Å²) >= 11 is 0. The van der Waals surface area contributed by atoms with Crippen LogP contribution in [-0.2, 0) is 21.4 Å². The molecule has 148 valence electrons. The first-order valence-electron chi connectivity index (χ1n) is 10.8. The maximum absolute atomic E-state index is 12.9. The van der Waals surface area contributed by atoms with Crippen molar-refractivity contribution in [1.82, 2.24) is 10.2 Å². The van der Waals surface area contributed by atoms with E-state index in [9.17, 15) is 14.7 Å². The zero-order chi connectivity index (χ0) is 19.1. The van der Waals surface area contributed by atoms with Gasteiger partial charge in [-0.2, -0.15) is 0 Å². The van der Waals surface area contributed by atoms with Gasteiger partial charge in [0.25, 0.3) is 0 Å². The molecule has 1 spiro atoms. The Morgan fingerprint density at radius 3 is 2.79 bits per heavy atom. The quantitative estimate of drug-likeness (QED) is 0.773. The lowest BCUT2D eigenvalue weighted by molar-refractivity contribution is -0.128. The number of fused-ring (bicyclic) bond motifs is 1. The first-order valence-corrected chi connectivity index (χ1v) is 10.8. The maximum Gasteiger partial charge on any atom is 0.228 e. The number of hydrogen-bond acceptors (Lipinski definition) is 4. The second-order valence-corrected chi connectivity index (χ2v) is 10.2. The lowest BCUT2D eigenvalue weighted by atomic mass is 9.49. The number of hydrogen-bond donors (Lipinski definition) is 2. The van der Waals surface area contributed by atoms with Gasteiger partial charge in [-0.1, -0.05) is 6.07 Å². The van der Waals surface area contributed by atoms with Crippen molar-refractivity contribution in [2.24, 2.45) is 11.3 Å². The number of Topliss-reactive ketones (excluding diaryl/α,β-unsaturated/α-hetero) is 1. The highest BCUT2D eigenvalue weighted by Crippen LogP contribution is 2.65. The monoisotopic (exact) mass is 380 g/mol. The van der Waals surface area contributed by atoms with E-state index in [1.165, 1.54) is 30.5 Å². The first kappa shape index (κ1) is 17.0. The standard InChI is InChI=1S/C23H28N2O3/c26-17-4-3-16-11-21-5-6-23(19(27)10-20(28)24-23)13-22(21,18(16)9-17)7-8-25(14-21)12-15-1-2-15/h3-4,9,15,26H,1-2,5-8,10-14H2,(H,24,28)/t21-,22+,23-/m0/s1. The van der Waals surface area contributed by atoms with E-state index in [1.54, 1.807) is 6.07 Å². The summed E-state index contributed by atoms with van der Waals surface area (Å²) in [7, 11) is 0. The topological polar surface area (TPSA) is 69.6 Å². The zero-order valence-corrected chi connectivity index (χ0v) is 16.3. The number of benzene rings is 1. The number of rotatable bonds is 2. The van der Waals surface area contributed by atoms with Gasteiger partial charge < -0.3 is 15.3 Å². The fraction of sp³-hybridized carbons (Fsp3) is 0.652. The second-order valence-electron chi connectivity index (χ2n) is 10.2. The highest BCUT2D eigenvalue weighted by atomic mass is 16.3. The predicted molar refractivity (Wildman–Crippen MR) is 104 cm³/mol. The Bertz CT molecular complexity index is 894. The molecule has 2 saturated heterocycles. The van der Waals surface area contributed by atoms with Crippen molar-refractivity contribution in [3.05, 3.63) is 29.3 Å². The van der Waals surface area contributed by atoms with E-state index in [0.29, 0.717) is 12.2 Å². The smallest absolute Gasteiger partial charge is 0.228 e. The van der Waals surface area contributed by atoms with Crippen molar-refractivity contribution in [2.45, 2.75) is 62.3 Å². The summed E-state index contributed by atoms with van der Waals surface area (Å²) in [4.78, 5) is 27.6. The average molecular weight is 380 g/mol. The second kappa shape index (κ2) is 5.38. The van der Waals surface area contributed by atoms with Gasteiger partial charge in [0, 0.05) is 18.5 Å². The summed E-state index contributed by atoms with van der Waals surface area (Å²) < 4.78 is 0. The van der Waals surface area contributed by atoms with Gasteiger partial charge in [0.2, 0.25) is 5.91 Å². The molecule has 5 nitrogen and oxygen atoms in total. The van der Waals surface area contributed by atoms with Crippen molar-refractivity contribution in [2.75, 3.05) is 19.6 Å². The van der Waals surface area contributed by atoms with E-state index < -0.39 is 5.54 Å². The number of piperidine rings is 1. The summed E-state index contributed by atoms with van der Waals surface area (Å²) in [5.41, 5.74) is 1.89. The van der Waals surface area contributed by atoms with Crippen molar-refractivity contribution in [3.8, 4) is 5.75 Å². The Kier molecular flexibility index (Phi) is 3.27. The molecule has 1 amide bonds. The van der Waals surface area contributed by atoms with Crippen LogP contribution < -0.4 is 5.32 Å². The summed E-state index contributed by atoms with van der Waals surface area (Å²) in [6.45, 7) is 3.34. The fourth-order valence-corrected chi connectivity index (χ4v) is 7.14. The number of phenolic OH excluding ortho intramolecular Hbond substituents is 1. The number of likely N-dealkylation sites (tertiary alicyclic amines) is 1. The fourth-order valence-electron chi connectivity index (χ4n) is 7.14. The third-order valence-electron chi connectivity index (χ3n) is 8.61. The number of carbonyl (C=O) groups excluding carboxylic acids is 2. The molecule has 1 aromatic carbocycles. The van der Waals surface area contributed by atoms with Crippen LogP contribution in [0.4, 0.5) is 0 Å². The number of amides is 1. The van der Waals surface area contributed by atoms with Crippen molar-refractivity contribution < 1.29 is 14.7 Å². The molecule has 5 aliphatic rings. The van der Waals surface area contributed by atoms with Crippen LogP contribution in [0.15, 0.2) is 18.2 Å². The minimum Gasteiger partial charge on any atom is -0.508 e. The van der Waals surface area contributed by atoms with E-state index in [0.717, 1.165) is 44.7 Å². The Labute approximate surface area is 165 Å². The number of nitrogens with zero attached hydrogens (tertiary/aromatic N) is 1. The summed E-state index contributed by atoms with van der Waals surface area (Å²) in [5.74, 6) is 1.15. The van der Waals surface area contributed by atoms with Gasteiger partial charge in [-0.3, -0.25) is 9.59 Å². The first-order chi connectivity index (χ1) is 13.4. The molecule has 6 rings (SSSR count). The molecule has 2 heterocycles. The highest BCUT2D eigenvalue weighted by molar-refractivity contribution is 6.10. The Morgan fingerprint density at radius 2 is 2.04 bits per heavy atom. The summed E-state index contributed by atoms with van der Waals surface area (Å²) in [6.07, 6.45) is 7.25. The van der Waals surface area contributed by atoms with Gasteiger partial charge in [0.15, 0.2) is 5.78 Å². The van der Waals surface area contributed by atoms with Crippen LogP contribution in [0, 0.1) is 11.3 Å². The molecule has 0 bridgehead atoms. The van der Waals surface area contributed by atoms with Crippen molar-refractivity contribution in [3.63, 3.8) is 0 Å². The number of phenols is 1. The van der Waals surface area contributed by atoms with Gasteiger partial charge in [-0.25, -0.2) is 0 Å². The Morgan fingerprint density at radius 1 is 1.18 bits per heavy atom. The van der Waals surface area contributed by atoms with Crippen molar-refractivity contribution >= 4 is 11.7 Å². The molecule has 3 aliphatic carbocycles. The summed E-state index contributed by atoms with van der Waals surface area (Å²) in [6, 6.07) is 5.84. The largest absolute Gasteiger partial charge is 0.508 e. The van der Waals surface area contributed by atoms with E-state index in [1.807, 2.05) is 6.07 Å². The minimum absolute atomic E-state index is 0.0315. The molecule has 1 aromatic rings. The van der Waals surface area contributed by atoms with Crippen LogP contribution in [0.5, 0.6) is 5.75 Å². The van der Waals surface area contributed by atoms with Crippen LogP contribution in [0.1, 0.15) is 56.1 Å². The molecule has 0 aromatic heterocycles.